The van der Waals surface area contributed by atoms with Crippen LogP contribution in [0.4, 0.5) is 17.6 Å². The van der Waals surface area contributed by atoms with E-state index in [1.165, 1.54) is 35.2 Å². The number of nitrogens with zero attached hydrogens (tertiary/aromatic N) is 1. The summed E-state index contributed by atoms with van der Waals surface area (Å²) in [5.41, 5.74) is -0.987. The lowest BCUT2D eigenvalue weighted by Gasteiger charge is -2.36. The smallest absolute Gasteiger partial charge is 0.347 e. The van der Waals surface area contributed by atoms with E-state index >= 15 is 0 Å². The van der Waals surface area contributed by atoms with Crippen molar-refractivity contribution < 1.29 is 35.6 Å². The molecule has 36 heavy (non-hydrogen) atoms. The van der Waals surface area contributed by atoms with Gasteiger partial charge in [0.1, 0.15) is 11.9 Å². The molecule has 1 aliphatic heterocycles. The molecule has 0 unspecified atom stereocenters. The SMILES string of the molecule is CS(=O)(=O)c1cccc(C(=O)N2CCCC[C@@H]2C(=O)N[C@@H](c2ccc(C(F)(F)F)c(F)c2)C2CC2)c1. The van der Waals surface area contributed by atoms with E-state index in [2.05, 4.69) is 5.32 Å². The Balaban J connectivity index is 1.56. The van der Waals surface area contributed by atoms with Gasteiger partial charge in [-0.15, -0.1) is 0 Å². The normalized spacial score (nSPS) is 19.6. The van der Waals surface area contributed by atoms with Crippen molar-refractivity contribution in [3.63, 3.8) is 0 Å². The van der Waals surface area contributed by atoms with Crippen LogP contribution in [0, 0.1) is 11.7 Å². The molecule has 2 amide bonds. The van der Waals surface area contributed by atoms with E-state index < -0.39 is 51.3 Å². The summed E-state index contributed by atoms with van der Waals surface area (Å²) in [7, 11) is -3.54. The van der Waals surface area contributed by atoms with Crippen molar-refractivity contribution in [2.45, 2.75) is 55.3 Å². The summed E-state index contributed by atoms with van der Waals surface area (Å²) in [4.78, 5) is 28.0. The highest BCUT2D eigenvalue weighted by Crippen LogP contribution is 2.42. The van der Waals surface area contributed by atoms with Gasteiger partial charge >= 0.3 is 6.18 Å². The lowest BCUT2D eigenvalue weighted by Crippen LogP contribution is -2.52. The van der Waals surface area contributed by atoms with Gasteiger partial charge in [0, 0.05) is 18.4 Å². The van der Waals surface area contributed by atoms with E-state index in [4.69, 9.17) is 0 Å². The molecule has 6 nitrogen and oxygen atoms in total. The number of likely N-dealkylation sites (tertiary alicyclic amines) is 1. The number of carbonyl (C=O) groups excluding carboxylic acids is 2. The number of carbonyl (C=O) groups is 2. The third kappa shape index (κ3) is 5.71. The van der Waals surface area contributed by atoms with Crippen LogP contribution >= 0.6 is 0 Å². The molecule has 2 fully saturated rings. The van der Waals surface area contributed by atoms with Crippen LogP contribution in [0.3, 0.4) is 0 Å². The van der Waals surface area contributed by atoms with Crippen molar-refractivity contribution >= 4 is 21.7 Å². The van der Waals surface area contributed by atoms with Crippen LogP contribution in [-0.4, -0.2) is 44.0 Å². The summed E-state index contributed by atoms with van der Waals surface area (Å²) in [6.45, 7) is 0.295. The maximum absolute atomic E-state index is 14.2. The third-order valence-electron chi connectivity index (χ3n) is 6.62. The van der Waals surface area contributed by atoms with Gasteiger partial charge in [-0.1, -0.05) is 12.1 Å². The standard InChI is InChI=1S/C25H26F4N2O4S/c1-36(34,35)18-6-4-5-17(13-18)24(33)31-12-3-2-7-21(31)23(32)30-22(15-8-9-15)16-10-11-19(20(26)14-16)25(27,28)29/h4-6,10-11,13-15,21-22H,2-3,7-9,12H2,1H3,(H,30,32)/t21-,22-/m1/s1. The van der Waals surface area contributed by atoms with Crippen molar-refractivity contribution in [3.8, 4) is 0 Å². The summed E-state index contributed by atoms with van der Waals surface area (Å²) < 4.78 is 77.0. The maximum Gasteiger partial charge on any atom is 0.419 e. The van der Waals surface area contributed by atoms with Crippen LogP contribution in [0.2, 0.25) is 0 Å². The highest BCUT2D eigenvalue weighted by molar-refractivity contribution is 7.90. The van der Waals surface area contributed by atoms with Crippen LogP contribution in [-0.2, 0) is 20.8 Å². The first-order valence-corrected chi connectivity index (χ1v) is 13.5. The van der Waals surface area contributed by atoms with Crippen LogP contribution in [0.5, 0.6) is 0 Å². The lowest BCUT2D eigenvalue weighted by atomic mass is 9.97. The number of nitrogens with one attached hydrogen (secondary N) is 1. The Morgan fingerprint density at radius 1 is 1.06 bits per heavy atom. The van der Waals surface area contributed by atoms with Crippen molar-refractivity contribution in [1.82, 2.24) is 10.2 Å². The molecule has 0 aromatic heterocycles. The highest BCUT2D eigenvalue weighted by atomic mass is 32.2. The summed E-state index contributed by atoms with van der Waals surface area (Å²) >= 11 is 0. The van der Waals surface area contributed by atoms with E-state index in [9.17, 15) is 35.6 Å². The molecule has 2 aromatic rings. The number of halogens is 4. The minimum atomic E-state index is -4.82. The van der Waals surface area contributed by atoms with Crippen molar-refractivity contribution in [2.75, 3.05) is 12.8 Å². The molecule has 0 spiro atoms. The van der Waals surface area contributed by atoms with Gasteiger partial charge in [0.05, 0.1) is 16.5 Å². The van der Waals surface area contributed by atoms with E-state index in [1.54, 1.807) is 0 Å². The van der Waals surface area contributed by atoms with Gasteiger partial charge < -0.3 is 10.2 Å². The summed E-state index contributed by atoms with van der Waals surface area (Å²) in [6.07, 6.45) is -0.583. The summed E-state index contributed by atoms with van der Waals surface area (Å²) in [5.74, 6) is -2.40. The summed E-state index contributed by atoms with van der Waals surface area (Å²) in [6, 6.07) is 6.76. The quantitative estimate of drug-likeness (QED) is 0.562. The summed E-state index contributed by atoms with van der Waals surface area (Å²) in [5, 5.41) is 2.85. The molecule has 4 rings (SSSR count). The zero-order chi connectivity index (χ0) is 26.3. The van der Waals surface area contributed by atoms with Gasteiger partial charge in [-0.05, 0) is 73.9 Å². The second-order valence-corrected chi connectivity index (χ2v) is 11.4. The fraction of sp³-hybridized carbons (Fsp3) is 0.440. The first-order chi connectivity index (χ1) is 16.9. The minimum Gasteiger partial charge on any atom is -0.347 e. The molecule has 0 bridgehead atoms. The van der Waals surface area contributed by atoms with Gasteiger partial charge in [-0.25, -0.2) is 12.8 Å². The molecule has 0 radical (unpaired) electrons. The average molecular weight is 527 g/mol. The Morgan fingerprint density at radius 3 is 2.39 bits per heavy atom. The van der Waals surface area contributed by atoms with Crippen LogP contribution in [0.1, 0.15) is 59.6 Å². The predicted octanol–water partition coefficient (Wildman–Crippen LogP) is 4.51. The minimum absolute atomic E-state index is 0.00973. The Morgan fingerprint density at radius 2 is 1.78 bits per heavy atom. The van der Waals surface area contributed by atoms with Crippen LogP contribution in [0.15, 0.2) is 47.4 Å². The van der Waals surface area contributed by atoms with Crippen molar-refractivity contribution in [2.24, 2.45) is 5.92 Å². The predicted molar refractivity (Wildman–Crippen MR) is 123 cm³/mol. The molecule has 2 atom stereocenters. The molecule has 194 valence electrons. The highest BCUT2D eigenvalue weighted by Gasteiger charge is 2.39. The number of hydrogen-bond acceptors (Lipinski definition) is 4. The van der Waals surface area contributed by atoms with Gasteiger partial charge in [0.15, 0.2) is 9.84 Å². The molecule has 1 saturated carbocycles. The van der Waals surface area contributed by atoms with E-state index in [1.807, 2.05) is 0 Å². The van der Waals surface area contributed by atoms with Gasteiger partial charge in [-0.3, -0.25) is 9.59 Å². The number of amides is 2. The number of alkyl halides is 3. The number of sulfone groups is 1. The molecule has 1 heterocycles. The second-order valence-electron chi connectivity index (χ2n) is 9.37. The van der Waals surface area contributed by atoms with Crippen LogP contribution < -0.4 is 5.32 Å². The number of hydrogen-bond donors (Lipinski definition) is 1. The molecule has 1 aliphatic carbocycles. The van der Waals surface area contributed by atoms with Gasteiger partial charge in [0.2, 0.25) is 5.91 Å². The molecular weight excluding hydrogens is 500 g/mol. The van der Waals surface area contributed by atoms with Crippen LogP contribution in [0.25, 0.3) is 0 Å². The lowest BCUT2D eigenvalue weighted by molar-refractivity contribution is -0.140. The molecule has 2 aliphatic rings. The zero-order valence-corrected chi connectivity index (χ0v) is 20.3. The van der Waals surface area contributed by atoms with E-state index in [0.29, 0.717) is 31.9 Å². The molecule has 2 aromatic carbocycles. The number of benzene rings is 2. The monoisotopic (exact) mass is 526 g/mol. The Labute approximate surface area is 206 Å². The fourth-order valence-corrected chi connectivity index (χ4v) is 5.25. The number of rotatable bonds is 6. The largest absolute Gasteiger partial charge is 0.419 e. The Kier molecular flexibility index (Phi) is 7.14. The topological polar surface area (TPSA) is 83.6 Å². The zero-order valence-electron chi connectivity index (χ0n) is 19.5. The Bertz CT molecular complexity index is 1280. The average Bonchev–Trinajstić information content (AvgIpc) is 3.66. The van der Waals surface area contributed by atoms with Gasteiger partial charge in [-0.2, -0.15) is 13.2 Å². The first-order valence-electron chi connectivity index (χ1n) is 11.6. The Hall–Kier alpha value is -2.95. The molecular formula is C25H26F4N2O4S. The van der Waals surface area contributed by atoms with Crippen molar-refractivity contribution in [1.29, 1.82) is 0 Å². The first kappa shape index (κ1) is 26.1. The molecule has 11 heteroatoms. The third-order valence-corrected chi connectivity index (χ3v) is 7.73. The van der Waals surface area contributed by atoms with E-state index in [0.717, 1.165) is 25.2 Å². The fourth-order valence-electron chi connectivity index (χ4n) is 4.58. The maximum atomic E-state index is 14.2. The molecule has 1 saturated heterocycles. The van der Waals surface area contributed by atoms with Crippen molar-refractivity contribution in [3.05, 3.63) is 65.0 Å². The molecule has 1 N–H and O–H groups in total. The number of piperidine rings is 1. The van der Waals surface area contributed by atoms with Gasteiger partial charge in [0.25, 0.3) is 5.91 Å². The second kappa shape index (κ2) is 9.84. The van der Waals surface area contributed by atoms with E-state index in [-0.39, 0.29) is 21.9 Å².